The monoisotopic (exact) mass is 751 g/mol. The fourth-order valence-electron chi connectivity index (χ4n) is 9.88. The molecule has 10 rings (SSSR count). The molecule has 0 bridgehead atoms. The van der Waals surface area contributed by atoms with Crippen LogP contribution in [-0.4, -0.2) is 6.71 Å². The van der Waals surface area contributed by atoms with Crippen LogP contribution in [0.2, 0.25) is 0 Å². The summed E-state index contributed by atoms with van der Waals surface area (Å²) in [7, 11) is 0. The smallest absolute Gasteiger partial charge is 0.273 e. The minimum Gasteiger partial charge on any atom is -0.458 e. The first kappa shape index (κ1) is 35.4. The summed E-state index contributed by atoms with van der Waals surface area (Å²) >= 11 is 1.87. The first-order chi connectivity index (χ1) is 26.5. The number of benzene rings is 6. The van der Waals surface area contributed by atoms with Crippen molar-refractivity contribution in [2.75, 3.05) is 4.90 Å². The second-order valence-corrected chi connectivity index (χ2v) is 20.9. The summed E-state index contributed by atoms with van der Waals surface area (Å²) in [4.78, 5) is 2.36. The van der Waals surface area contributed by atoms with Crippen LogP contribution in [-0.2, 0) is 21.7 Å². The van der Waals surface area contributed by atoms with Crippen LogP contribution in [0.1, 0.15) is 97.9 Å². The molecule has 7 aromatic rings. The Morgan fingerprint density at radius 3 is 1.91 bits per heavy atom. The summed E-state index contributed by atoms with van der Waals surface area (Å²) in [5.41, 5.74) is 11.2. The van der Waals surface area contributed by atoms with E-state index in [4.69, 9.17) is 9.47 Å². The van der Waals surface area contributed by atoms with Gasteiger partial charge < -0.3 is 14.4 Å². The molecule has 6 aromatic carbocycles. The van der Waals surface area contributed by atoms with Gasteiger partial charge in [-0.25, -0.2) is 0 Å². The minimum atomic E-state index is 0.00189. The number of fused-ring (bicyclic) bond motifs is 8. The minimum absolute atomic E-state index is 0.00189. The van der Waals surface area contributed by atoms with Crippen LogP contribution >= 0.6 is 11.3 Å². The SMILES string of the molecule is CC(C)(C)c1ccc(N(c2cc3c4c(c2)Oc2c(sc5ccc(C(C)(C)C)cc25)B4c2cc4c(cc2O3)C(C)(C)CC4(C)C)c2ccc3ccccc3c2)cc1. The number of hydrogen-bond donors (Lipinski definition) is 0. The average Bonchev–Trinajstić information content (AvgIpc) is 3.59. The average molecular weight is 752 g/mol. The molecule has 0 atom stereocenters. The standard InChI is InChI=1S/C51H50BNO2S/c1-48(2,3)32-16-20-34(21-17-32)53(35-19-15-30-13-11-12-14-31(30)23-35)36-25-42-45-43(26-36)55-46-37-24-33(49(4,5)6)18-22-44(37)56-47(46)52(45)40-27-38-39(28-41(40)54-42)51(9,10)29-50(38,7)8/h11-28H,29H2,1-10H3. The molecular weight excluding hydrogens is 701 g/mol. The molecule has 0 saturated heterocycles. The lowest BCUT2D eigenvalue weighted by Gasteiger charge is -2.35. The third-order valence-electron chi connectivity index (χ3n) is 12.6. The maximum absolute atomic E-state index is 7.23. The van der Waals surface area contributed by atoms with E-state index in [1.54, 1.807) is 0 Å². The highest BCUT2D eigenvalue weighted by Gasteiger charge is 2.47. The normalized spacial score (nSPS) is 16.1. The zero-order chi connectivity index (χ0) is 39.1. The number of anilines is 3. The third-order valence-corrected chi connectivity index (χ3v) is 13.9. The number of ether oxygens (including phenoxy) is 2. The topological polar surface area (TPSA) is 21.7 Å². The first-order valence-corrected chi connectivity index (χ1v) is 21.0. The van der Waals surface area contributed by atoms with E-state index in [1.165, 1.54) is 53.4 Å². The quantitative estimate of drug-likeness (QED) is 0.168. The largest absolute Gasteiger partial charge is 0.458 e. The van der Waals surface area contributed by atoms with Gasteiger partial charge in [0.1, 0.15) is 23.0 Å². The zero-order valence-electron chi connectivity index (χ0n) is 34.3. The molecule has 0 fully saturated rings. The van der Waals surface area contributed by atoms with E-state index in [1.807, 2.05) is 11.3 Å². The van der Waals surface area contributed by atoms with Gasteiger partial charge in [-0.2, -0.15) is 0 Å². The highest BCUT2D eigenvalue weighted by atomic mass is 32.1. The maximum atomic E-state index is 7.23. The predicted molar refractivity (Wildman–Crippen MR) is 240 cm³/mol. The van der Waals surface area contributed by atoms with Gasteiger partial charge in [0.25, 0.3) is 6.71 Å². The molecule has 56 heavy (non-hydrogen) atoms. The molecule has 1 aromatic heterocycles. The molecular formula is C51H50BNO2S. The highest BCUT2D eigenvalue weighted by Crippen LogP contribution is 2.52. The van der Waals surface area contributed by atoms with Crippen molar-refractivity contribution >= 4 is 71.7 Å². The molecule has 3 heterocycles. The summed E-state index contributed by atoms with van der Waals surface area (Å²) in [6, 6.07) is 40.7. The van der Waals surface area contributed by atoms with Crippen molar-refractivity contribution in [1.82, 2.24) is 0 Å². The Morgan fingerprint density at radius 1 is 0.589 bits per heavy atom. The van der Waals surface area contributed by atoms with E-state index in [0.29, 0.717) is 0 Å². The molecule has 0 unspecified atom stereocenters. The summed E-state index contributed by atoms with van der Waals surface area (Å²) in [6.45, 7) is 23.2. The fraction of sp³-hybridized carbons (Fsp3) is 0.294. The third kappa shape index (κ3) is 5.45. The molecule has 0 amide bonds. The number of thiophene rings is 1. The lowest BCUT2D eigenvalue weighted by Crippen LogP contribution is -2.56. The number of nitrogens with zero attached hydrogens (tertiary/aromatic N) is 1. The van der Waals surface area contributed by atoms with Crippen LogP contribution in [0.25, 0.3) is 20.9 Å². The van der Waals surface area contributed by atoms with Crippen LogP contribution in [0, 0.1) is 0 Å². The van der Waals surface area contributed by atoms with Crippen molar-refractivity contribution in [3.05, 3.63) is 131 Å². The number of rotatable bonds is 3. The summed E-state index contributed by atoms with van der Waals surface area (Å²) in [6.07, 6.45) is 1.10. The van der Waals surface area contributed by atoms with Gasteiger partial charge in [-0.15, -0.1) is 11.3 Å². The Balaban J connectivity index is 1.22. The molecule has 5 heteroatoms. The van der Waals surface area contributed by atoms with Crippen LogP contribution in [0.4, 0.5) is 17.1 Å². The second-order valence-electron chi connectivity index (χ2n) is 19.8. The van der Waals surface area contributed by atoms with Gasteiger partial charge in [-0.1, -0.05) is 124 Å². The zero-order valence-corrected chi connectivity index (χ0v) is 35.2. The van der Waals surface area contributed by atoms with Crippen molar-refractivity contribution in [3.8, 4) is 23.0 Å². The Hall–Kier alpha value is -5.00. The Labute approximate surface area is 336 Å². The van der Waals surface area contributed by atoms with E-state index in [0.717, 1.165) is 51.9 Å². The van der Waals surface area contributed by atoms with E-state index < -0.39 is 0 Å². The van der Waals surface area contributed by atoms with Crippen molar-refractivity contribution in [1.29, 1.82) is 0 Å². The van der Waals surface area contributed by atoms with E-state index in [2.05, 4.69) is 183 Å². The lowest BCUT2D eigenvalue weighted by molar-refractivity contribution is 0.402. The van der Waals surface area contributed by atoms with Gasteiger partial charge in [0.05, 0.1) is 5.69 Å². The van der Waals surface area contributed by atoms with Gasteiger partial charge in [0.15, 0.2) is 0 Å². The molecule has 2 aliphatic heterocycles. The fourth-order valence-corrected chi connectivity index (χ4v) is 11.1. The van der Waals surface area contributed by atoms with Gasteiger partial charge >= 0.3 is 0 Å². The summed E-state index contributed by atoms with van der Waals surface area (Å²) in [5.74, 6) is 3.67. The second kappa shape index (κ2) is 11.8. The Bertz CT molecular complexity index is 2760. The molecule has 0 spiro atoms. The van der Waals surface area contributed by atoms with Crippen LogP contribution in [0.15, 0.2) is 109 Å². The molecule has 3 aliphatic rings. The van der Waals surface area contributed by atoms with Crippen LogP contribution in [0.5, 0.6) is 23.0 Å². The Kier molecular flexibility index (Phi) is 7.45. The van der Waals surface area contributed by atoms with E-state index >= 15 is 0 Å². The molecule has 3 nitrogen and oxygen atoms in total. The first-order valence-electron chi connectivity index (χ1n) is 20.2. The number of hydrogen-bond acceptors (Lipinski definition) is 4. The van der Waals surface area contributed by atoms with E-state index in [9.17, 15) is 0 Å². The predicted octanol–water partition coefficient (Wildman–Crippen LogP) is 12.8. The molecule has 1 aliphatic carbocycles. The van der Waals surface area contributed by atoms with E-state index in [-0.39, 0.29) is 28.4 Å². The summed E-state index contributed by atoms with van der Waals surface area (Å²) in [5, 5.41) is 3.61. The maximum Gasteiger partial charge on any atom is 0.273 e. The molecule has 0 saturated carbocycles. The summed E-state index contributed by atoms with van der Waals surface area (Å²) < 4.78 is 16.9. The molecule has 280 valence electrons. The van der Waals surface area contributed by atoms with Crippen molar-refractivity contribution in [2.45, 2.75) is 97.3 Å². The van der Waals surface area contributed by atoms with Gasteiger partial charge in [0.2, 0.25) is 0 Å². The highest BCUT2D eigenvalue weighted by molar-refractivity contribution is 7.33. The van der Waals surface area contributed by atoms with Crippen LogP contribution < -0.4 is 30.1 Å². The van der Waals surface area contributed by atoms with Gasteiger partial charge in [-0.05, 0) is 109 Å². The molecule has 0 radical (unpaired) electrons. The van der Waals surface area contributed by atoms with Gasteiger partial charge in [0, 0.05) is 43.8 Å². The van der Waals surface area contributed by atoms with Crippen molar-refractivity contribution < 1.29 is 9.47 Å². The Morgan fingerprint density at radius 2 is 1.21 bits per heavy atom. The molecule has 0 N–H and O–H groups in total. The van der Waals surface area contributed by atoms with Crippen molar-refractivity contribution in [3.63, 3.8) is 0 Å². The lowest BCUT2D eigenvalue weighted by atomic mass is 9.37. The van der Waals surface area contributed by atoms with Gasteiger partial charge in [-0.3, -0.25) is 0 Å². The van der Waals surface area contributed by atoms with Crippen LogP contribution in [0.3, 0.4) is 0 Å². The van der Waals surface area contributed by atoms with Crippen molar-refractivity contribution in [2.24, 2.45) is 0 Å².